The molecule has 0 aliphatic carbocycles. The van der Waals surface area contributed by atoms with Crippen LogP contribution >= 0.6 is 7.60 Å². The van der Waals surface area contributed by atoms with Gasteiger partial charge in [-0.25, -0.2) is 0 Å². The van der Waals surface area contributed by atoms with Crippen LogP contribution < -0.4 is 0 Å². The highest BCUT2D eigenvalue weighted by molar-refractivity contribution is 7.53. The second-order valence-corrected chi connectivity index (χ2v) is 8.45. The zero-order valence-corrected chi connectivity index (χ0v) is 16.5. The van der Waals surface area contributed by atoms with Gasteiger partial charge in [0.2, 0.25) is 0 Å². The van der Waals surface area contributed by atoms with Gasteiger partial charge in [-0.3, -0.25) is 4.57 Å². The summed E-state index contributed by atoms with van der Waals surface area (Å²) < 4.78 is 23.9. The lowest BCUT2D eigenvalue weighted by atomic mass is 10.1. The van der Waals surface area contributed by atoms with E-state index in [1.54, 1.807) is 0 Å². The summed E-state index contributed by atoms with van der Waals surface area (Å²) in [6.45, 7) is 9.09. The van der Waals surface area contributed by atoms with E-state index in [1.165, 1.54) is 32.1 Å². The van der Waals surface area contributed by atoms with Crippen molar-refractivity contribution in [1.29, 1.82) is 0 Å². The highest BCUT2D eigenvalue weighted by atomic mass is 31.2. The molecule has 3 nitrogen and oxygen atoms in total. The number of hydrogen-bond donors (Lipinski definition) is 0. The van der Waals surface area contributed by atoms with Gasteiger partial charge in [-0.05, 0) is 32.1 Å². The van der Waals surface area contributed by atoms with Crippen molar-refractivity contribution in [2.24, 2.45) is 0 Å². The maximum absolute atomic E-state index is 12.7. The molecule has 0 bridgehead atoms. The molecule has 0 unspecified atom stereocenters. The zero-order chi connectivity index (χ0) is 17.2. The van der Waals surface area contributed by atoms with Gasteiger partial charge >= 0.3 is 7.60 Å². The molecule has 0 atom stereocenters. The summed E-state index contributed by atoms with van der Waals surface area (Å²) in [6.07, 6.45) is 16.1. The van der Waals surface area contributed by atoms with E-state index in [1.807, 2.05) is 6.08 Å². The molecule has 0 aliphatic rings. The van der Waals surface area contributed by atoms with Crippen molar-refractivity contribution in [3.63, 3.8) is 0 Å². The predicted molar refractivity (Wildman–Crippen MR) is 101 cm³/mol. The largest absolute Gasteiger partial charge is 0.330 e. The molecule has 0 heterocycles. The molecule has 0 radical (unpaired) electrons. The third-order valence-electron chi connectivity index (χ3n) is 3.91. The Morgan fingerprint density at radius 1 is 0.783 bits per heavy atom. The van der Waals surface area contributed by atoms with Gasteiger partial charge in [-0.2, -0.15) is 0 Å². The Morgan fingerprint density at radius 3 is 1.74 bits per heavy atom. The molecule has 0 aromatic heterocycles. The Kier molecular flexibility index (Phi) is 16.7. The van der Waals surface area contributed by atoms with Crippen LogP contribution in [0.3, 0.4) is 0 Å². The lowest BCUT2D eigenvalue weighted by Gasteiger charge is -2.18. The lowest BCUT2D eigenvalue weighted by molar-refractivity contribution is 0.199. The van der Waals surface area contributed by atoms with Crippen LogP contribution in [0.25, 0.3) is 0 Å². The molecule has 0 aromatic carbocycles. The number of unbranched alkanes of at least 4 members (excludes halogenated alkanes) is 9. The average molecular weight is 346 g/mol. The quantitative estimate of drug-likeness (QED) is 0.150. The lowest BCUT2D eigenvalue weighted by Crippen LogP contribution is -2.03. The van der Waals surface area contributed by atoms with E-state index < -0.39 is 7.60 Å². The molecular weight excluding hydrogens is 307 g/mol. The Hall–Kier alpha value is -0.110. The molecule has 0 aliphatic heterocycles. The molecule has 0 saturated heterocycles. The fraction of sp³-hybridized carbons (Fsp3) is 0.895. The van der Waals surface area contributed by atoms with Crippen molar-refractivity contribution in [3.8, 4) is 0 Å². The summed E-state index contributed by atoms with van der Waals surface area (Å²) in [4.78, 5) is 0. The first-order valence-electron chi connectivity index (χ1n) is 9.67. The minimum Gasteiger partial charge on any atom is -0.309 e. The number of hydrogen-bond acceptors (Lipinski definition) is 3. The van der Waals surface area contributed by atoms with Crippen LogP contribution in [0.2, 0.25) is 0 Å². The topological polar surface area (TPSA) is 35.5 Å². The van der Waals surface area contributed by atoms with Crippen molar-refractivity contribution >= 4 is 7.60 Å². The van der Waals surface area contributed by atoms with Gasteiger partial charge in [-0.15, -0.1) is 6.58 Å². The summed E-state index contributed by atoms with van der Waals surface area (Å²) in [5.74, 6) is 0. The Bertz CT molecular complexity index is 291. The molecule has 0 spiro atoms. The van der Waals surface area contributed by atoms with E-state index in [9.17, 15) is 4.57 Å². The van der Waals surface area contributed by atoms with Gasteiger partial charge in [0, 0.05) is 0 Å². The van der Waals surface area contributed by atoms with Crippen LogP contribution in [-0.2, 0) is 13.6 Å². The van der Waals surface area contributed by atoms with Crippen LogP contribution in [0.5, 0.6) is 0 Å². The van der Waals surface area contributed by atoms with Crippen molar-refractivity contribution in [2.75, 3.05) is 19.4 Å². The first kappa shape index (κ1) is 22.9. The Balaban J connectivity index is 3.80. The van der Waals surface area contributed by atoms with Crippen molar-refractivity contribution in [2.45, 2.75) is 90.9 Å². The molecule has 0 saturated carbocycles. The summed E-state index contributed by atoms with van der Waals surface area (Å²) in [5.41, 5.74) is 0. The van der Waals surface area contributed by atoms with E-state index in [-0.39, 0.29) is 0 Å². The SMILES string of the molecule is C=CCCCCCCCCCP(=O)(OCCCC)OCCCC. The van der Waals surface area contributed by atoms with Gasteiger partial charge in [0.05, 0.1) is 19.4 Å². The van der Waals surface area contributed by atoms with E-state index >= 15 is 0 Å². The van der Waals surface area contributed by atoms with Crippen LogP contribution in [0.1, 0.15) is 90.9 Å². The van der Waals surface area contributed by atoms with Gasteiger partial charge in [0.1, 0.15) is 0 Å². The second-order valence-electron chi connectivity index (χ2n) is 6.26. The summed E-state index contributed by atoms with van der Waals surface area (Å²) in [6, 6.07) is 0. The van der Waals surface area contributed by atoms with Gasteiger partial charge in [0.15, 0.2) is 0 Å². The maximum atomic E-state index is 12.7. The Labute approximate surface area is 144 Å². The Morgan fingerprint density at radius 2 is 1.26 bits per heavy atom. The van der Waals surface area contributed by atoms with Crippen LogP contribution in [0.15, 0.2) is 12.7 Å². The van der Waals surface area contributed by atoms with Crippen molar-refractivity contribution < 1.29 is 13.6 Å². The third-order valence-corrected chi connectivity index (χ3v) is 5.93. The highest BCUT2D eigenvalue weighted by Gasteiger charge is 2.23. The fourth-order valence-corrected chi connectivity index (χ4v) is 4.10. The minimum atomic E-state index is -2.86. The predicted octanol–water partition coefficient (Wildman–Crippen LogP) is 7.12. The first-order valence-corrected chi connectivity index (χ1v) is 11.4. The zero-order valence-electron chi connectivity index (χ0n) is 15.6. The summed E-state index contributed by atoms with van der Waals surface area (Å²) >= 11 is 0. The molecule has 0 aromatic rings. The molecule has 0 amide bonds. The van der Waals surface area contributed by atoms with Crippen LogP contribution in [-0.4, -0.2) is 19.4 Å². The van der Waals surface area contributed by atoms with E-state index in [4.69, 9.17) is 9.05 Å². The number of allylic oxidation sites excluding steroid dienone is 1. The highest BCUT2D eigenvalue weighted by Crippen LogP contribution is 2.49. The molecule has 0 fully saturated rings. The average Bonchev–Trinajstić information content (AvgIpc) is 2.54. The molecule has 4 heteroatoms. The number of rotatable bonds is 18. The van der Waals surface area contributed by atoms with Crippen molar-refractivity contribution in [3.05, 3.63) is 12.7 Å². The van der Waals surface area contributed by atoms with E-state index in [2.05, 4.69) is 20.4 Å². The summed E-state index contributed by atoms with van der Waals surface area (Å²) in [7, 11) is -2.86. The van der Waals surface area contributed by atoms with Crippen molar-refractivity contribution in [1.82, 2.24) is 0 Å². The molecule has 138 valence electrons. The van der Waals surface area contributed by atoms with E-state index in [0.717, 1.165) is 44.9 Å². The standard InChI is InChI=1S/C19H39O3P/c1-4-7-10-11-12-13-14-15-16-19-23(20,21-17-8-5-2)22-18-9-6-3/h4H,1,5-19H2,2-3H3. The van der Waals surface area contributed by atoms with Crippen LogP contribution in [0, 0.1) is 0 Å². The fourth-order valence-electron chi connectivity index (χ4n) is 2.34. The molecular formula is C19H39O3P. The van der Waals surface area contributed by atoms with Gasteiger partial charge < -0.3 is 9.05 Å². The van der Waals surface area contributed by atoms with E-state index in [0.29, 0.717) is 19.4 Å². The first-order chi connectivity index (χ1) is 11.2. The monoisotopic (exact) mass is 346 g/mol. The minimum absolute atomic E-state index is 0.559. The smallest absolute Gasteiger partial charge is 0.309 e. The molecule has 23 heavy (non-hydrogen) atoms. The third kappa shape index (κ3) is 15.2. The van der Waals surface area contributed by atoms with Gasteiger partial charge in [0.25, 0.3) is 0 Å². The second kappa shape index (κ2) is 16.7. The summed E-state index contributed by atoms with van der Waals surface area (Å²) in [5, 5.41) is 0. The van der Waals surface area contributed by atoms with Gasteiger partial charge in [-0.1, -0.05) is 64.9 Å². The van der Waals surface area contributed by atoms with Crippen LogP contribution in [0.4, 0.5) is 0 Å². The molecule has 0 N–H and O–H groups in total. The molecule has 0 rings (SSSR count). The maximum Gasteiger partial charge on any atom is 0.330 e. The normalized spacial score (nSPS) is 11.7.